The minimum Gasteiger partial charge on any atom is -0.378 e. The van der Waals surface area contributed by atoms with E-state index < -0.39 is 15.0 Å². The van der Waals surface area contributed by atoms with Gasteiger partial charge in [0.05, 0.1) is 23.1 Å². The van der Waals surface area contributed by atoms with Crippen LogP contribution in [0, 0.1) is 20.2 Å². The molecule has 2 aliphatic heterocycles. The van der Waals surface area contributed by atoms with Gasteiger partial charge in [0.1, 0.15) is 4.24 Å². The lowest BCUT2D eigenvalue weighted by molar-refractivity contribution is -0.433. The molecule has 0 saturated carbocycles. The number of hydrogen-bond donors (Lipinski definition) is 0. The van der Waals surface area contributed by atoms with E-state index in [1.807, 2.05) is 0 Å². The zero-order valence-corrected chi connectivity index (χ0v) is 13.2. The maximum Gasteiger partial charge on any atom is 0.367 e. The van der Waals surface area contributed by atoms with E-state index in [2.05, 4.69) is 0 Å². The van der Waals surface area contributed by atoms with Crippen molar-refractivity contribution >= 4 is 35.1 Å². The van der Waals surface area contributed by atoms with Gasteiger partial charge in [0.25, 0.3) is 0 Å². The van der Waals surface area contributed by atoms with Gasteiger partial charge in [0.15, 0.2) is 0 Å². The molecule has 2 rings (SSSR count). The Kier molecular flexibility index (Phi) is 5.73. The molecule has 21 heavy (non-hydrogen) atoms. The van der Waals surface area contributed by atoms with Crippen molar-refractivity contribution in [3.05, 3.63) is 41.0 Å². The van der Waals surface area contributed by atoms with Gasteiger partial charge in [-0.2, -0.15) is 0 Å². The molecule has 0 unspecified atom stereocenters. The molecule has 0 spiro atoms. The Hall–Kier alpha value is -0.970. The minimum absolute atomic E-state index is 0.119. The predicted octanol–water partition coefficient (Wildman–Crippen LogP) is 1.93. The summed E-state index contributed by atoms with van der Waals surface area (Å²) >= 11 is 8.43. The summed E-state index contributed by atoms with van der Waals surface area (Å²) < 4.78 is 5.66. The maximum absolute atomic E-state index is 11.4. The van der Waals surface area contributed by atoms with E-state index in [4.69, 9.17) is 16.3 Å². The fourth-order valence-electron chi connectivity index (χ4n) is 1.96. The van der Waals surface area contributed by atoms with E-state index in [-0.39, 0.29) is 11.4 Å². The lowest BCUT2D eigenvalue weighted by Crippen LogP contribution is -2.38. The number of nitro groups is 2. The lowest BCUT2D eigenvalue weighted by atomic mass is 10.3. The second-order valence-electron chi connectivity index (χ2n) is 4.09. The maximum atomic E-state index is 11.4. The third-order valence-corrected chi connectivity index (χ3v) is 5.84. The molecule has 0 N–H and O–H groups in total. The summed E-state index contributed by atoms with van der Waals surface area (Å²) in [6, 6.07) is 0. The zero-order chi connectivity index (χ0) is 15.4. The van der Waals surface area contributed by atoms with E-state index in [9.17, 15) is 20.2 Å². The molecule has 0 aromatic heterocycles. The highest BCUT2D eigenvalue weighted by atomic mass is 35.5. The number of halogens is 1. The Morgan fingerprint density at radius 2 is 1.71 bits per heavy atom. The largest absolute Gasteiger partial charge is 0.378 e. The van der Waals surface area contributed by atoms with Gasteiger partial charge < -0.3 is 9.64 Å². The second-order valence-corrected chi connectivity index (χ2v) is 6.91. The molecule has 116 valence electrons. The molecule has 2 heterocycles. The van der Waals surface area contributed by atoms with Crippen molar-refractivity contribution < 1.29 is 14.6 Å². The normalized spacial score (nSPS) is 20.2. The van der Waals surface area contributed by atoms with Crippen LogP contribution in [-0.4, -0.2) is 52.6 Å². The van der Waals surface area contributed by atoms with Gasteiger partial charge in [-0.1, -0.05) is 0 Å². The summed E-state index contributed by atoms with van der Waals surface area (Å²) in [6.45, 7) is 1.37. The van der Waals surface area contributed by atoms with Crippen molar-refractivity contribution in [2.24, 2.45) is 0 Å². The smallest absolute Gasteiger partial charge is 0.367 e. The summed E-state index contributed by atoms with van der Waals surface area (Å²) in [6.07, 6.45) is 0. The third kappa shape index (κ3) is 3.82. The van der Waals surface area contributed by atoms with Gasteiger partial charge in [-0.05, 0) is 11.6 Å². The number of rotatable bonds is 4. The van der Waals surface area contributed by atoms with Crippen molar-refractivity contribution in [3.8, 4) is 0 Å². The van der Waals surface area contributed by atoms with Gasteiger partial charge in [-0.3, -0.25) is 20.2 Å². The van der Waals surface area contributed by atoms with Gasteiger partial charge in [-0.15, -0.1) is 23.5 Å². The molecule has 2 saturated heterocycles. The average Bonchev–Trinajstić information content (AvgIpc) is 2.98. The van der Waals surface area contributed by atoms with E-state index in [0.29, 0.717) is 30.5 Å². The van der Waals surface area contributed by atoms with E-state index in [1.165, 1.54) is 23.5 Å². The molecular formula is C10H12ClN3O5S2. The van der Waals surface area contributed by atoms with Crippen molar-refractivity contribution in [2.75, 3.05) is 37.8 Å². The van der Waals surface area contributed by atoms with Gasteiger partial charge in [0, 0.05) is 24.6 Å². The Morgan fingerprint density at radius 3 is 2.19 bits per heavy atom. The summed E-state index contributed by atoms with van der Waals surface area (Å²) in [7, 11) is 0. The highest BCUT2D eigenvalue weighted by molar-refractivity contribution is 8.25. The van der Waals surface area contributed by atoms with Gasteiger partial charge >= 0.3 is 10.9 Å². The van der Waals surface area contributed by atoms with Crippen molar-refractivity contribution in [2.45, 2.75) is 0 Å². The van der Waals surface area contributed by atoms with Crippen molar-refractivity contribution in [1.82, 2.24) is 4.90 Å². The number of thioether (sulfide) groups is 2. The molecule has 8 nitrogen and oxygen atoms in total. The molecule has 0 amide bonds. The molecule has 2 aliphatic rings. The highest BCUT2D eigenvalue weighted by Gasteiger charge is 2.38. The molecule has 0 radical (unpaired) electrons. The Morgan fingerprint density at radius 1 is 1.14 bits per heavy atom. The van der Waals surface area contributed by atoms with E-state index in [1.54, 1.807) is 4.90 Å². The first-order valence-electron chi connectivity index (χ1n) is 6.04. The van der Waals surface area contributed by atoms with Crippen LogP contribution >= 0.6 is 35.1 Å². The number of hydrogen-bond acceptors (Lipinski definition) is 8. The van der Waals surface area contributed by atoms with Crippen LogP contribution in [0.4, 0.5) is 0 Å². The van der Waals surface area contributed by atoms with Crippen LogP contribution in [0.3, 0.4) is 0 Å². The summed E-state index contributed by atoms with van der Waals surface area (Å²) in [5.74, 6) is 1.48. The van der Waals surface area contributed by atoms with Crippen LogP contribution < -0.4 is 0 Å². The van der Waals surface area contributed by atoms with Gasteiger partial charge in [0.2, 0.25) is 5.70 Å². The summed E-state index contributed by atoms with van der Waals surface area (Å²) in [5.41, 5.74) is -0.391. The molecule has 0 aromatic rings. The van der Waals surface area contributed by atoms with E-state index in [0.717, 1.165) is 11.5 Å². The first-order chi connectivity index (χ1) is 10.0. The fraction of sp³-hybridized carbons (Fsp3) is 0.600. The quantitative estimate of drug-likeness (QED) is 0.429. The molecule has 0 aliphatic carbocycles. The van der Waals surface area contributed by atoms with Crippen LogP contribution in [0.15, 0.2) is 20.8 Å². The Bertz CT molecular complexity index is 511. The molecule has 11 heteroatoms. The topological polar surface area (TPSA) is 98.8 Å². The highest BCUT2D eigenvalue weighted by Crippen LogP contribution is 2.42. The molecule has 0 aromatic carbocycles. The van der Waals surface area contributed by atoms with Crippen molar-refractivity contribution in [3.63, 3.8) is 0 Å². The molecule has 0 bridgehead atoms. The number of morpholine rings is 1. The minimum atomic E-state index is -0.791. The first-order valence-corrected chi connectivity index (χ1v) is 8.38. The average molecular weight is 354 g/mol. The SMILES string of the molecule is O=[N+]([O-])C(=C1SCCS1)/C(=C(\Cl)[N+](=O)[O-])N1CCOCC1. The lowest BCUT2D eigenvalue weighted by Gasteiger charge is -2.28. The summed E-state index contributed by atoms with van der Waals surface area (Å²) in [5, 5.41) is 21.8. The Labute approximate surface area is 133 Å². The fourth-order valence-corrected chi connectivity index (χ4v) is 4.65. The predicted molar refractivity (Wildman–Crippen MR) is 81.2 cm³/mol. The van der Waals surface area contributed by atoms with Crippen LogP contribution in [0.5, 0.6) is 0 Å². The first kappa shape index (κ1) is 16.4. The number of ether oxygens (including phenoxy) is 1. The molecule has 0 atom stereocenters. The van der Waals surface area contributed by atoms with Crippen molar-refractivity contribution in [1.29, 1.82) is 0 Å². The summed E-state index contributed by atoms with van der Waals surface area (Å²) in [4.78, 5) is 22.6. The molecule has 2 fully saturated rings. The molecular weight excluding hydrogens is 342 g/mol. The third-order valence-electron chi connectivity index (χ3n) is 2.83. The van der Waals surface area contributed by atoms with Crippen LogP contribution in [0.25, 0.3) is 0 Å². The van der Waals surface area contributed by atoms with Gasteiger partial charge in [-0.25, -0.2) is 0 Å². The monoisotopic (exact) mass is 353 g/mol. The second kappa shape index (κ2) is 7.34. The Balaban J connectivity index is 2.51. The van der Waals surface area contributed by atoms with Crippen LogP contribution in [-0.2, 0) is 4.74 Å². The number of nitrogens with zero attached hydrogens (tertiary/aromatic N) is 3. The zero-order valence-electron chi connectivity index (χ0n) is 10.8. The van der Waals surface area contributed by atoms with E-state index >= 15 is 0 Å². The standard InChI is InChI=1S/C10H12ClN3O5S2/c11-9(14(17)18)7(12-1-3-19-4-2-12)8(13(15)16)10-20-5-6-21-10/h1-6H2/b9-7-. The van der Waals surface area contributed by atoms with Crippen LogP contribution in [0.2, 0.25) is 0 Å². The van der Waals surface area contributed by atoms with Crippen LogP contribution in [0.1, 0.15) is 0 Å².